The molecule has 0 bridgehead atoms. The van der Waals surface area contributed by atoms with Gasteiger partial charge in [0.2, 0.25) is 0 Å². The summed E-state index contributed by atoms with van der Waals surface area (Å²) in [5.74, 6) is 0. The zero-order valence-corrected chi connectivity index (χ0v) is 12.3. The summed E-state index contributed by atoms with van der Waals surface area (Å²) in [6.45, 7) is 6.50. The summed E-state index contributed by atoms with van der Waals surface area (Å²) in [4.78, 5) is 0. The van der Waals surface area contributed by atoms with Gasteiger partial charge < -0.3 is 19.1 Å². The highest BCUT2D eigenvalue weighted by Crippen LogP contribution is 1.89. The maximum Gasteiger partial charge on any atom is 0.162 e. The maximum atomic E-state index is 8.09. The molecule has 14 heavy (non-hydrogen) atoms. The van der Waals surface area contributed by atoms with Crippen LogP contribution in [0.4, 0.5) is 0 Å². The molecule has 4 nitrogen and oxygen atoms in total. The maximum absolute atomic E-state index is 8.09. The first-order valence-electron chi connectivity index (χ1n) is 4.66. The average molecular weight is 238 g/mol. The van der Waals surface area contributed by atoms with Crippen LogP contribution in [-0.2, 0) is 8.85 Å². The van der Waals surface area contributed by atoms with Crippen molar-refractivity contribution in [1.82, 2.24) is 0 Å². The Bertz CT molecular complexity index is 110. The van der Waals surface area contributed by atoms with Crippen molar-refractivity contribution in [3.63, 3.8) is 0 Å². The molecule has 0 radical (unpaired) electrons. The van der Waals surface area contributed by atoms with Gasteiger partial charge in [-0.25, -0.2) is 0 Å². The molecule has 0 aromatic carbocycles. The molecule has 1 atom stereocenters. The number of aliphatic hydroxyl groups is 2. The van der Waals surface area contributed by atoms with Crippen molar-refractivity contribution in [1.29, 1.82) is 0 Å². The van der Waals surface area contributed by atoms with Crippen molar-refractivity contribution in [2.45, 2.75) is 12.6 Å². The fourth-order valence-corrected chi connectivity index (χ4v) is 1.80. The summed E-state index contributed by atoms with van der Waals surface area (Å²) in [6, 6.07) is 1.11. The van der Waals surface area contributed by atoms with E-state index in [1.54, 1.807) is 0 Å². The number of hydrogen-bond donors (Lipinski definition) is 2. The topological polar surface area (TPSA) is 58.9 Å². The molecule has 0 fully saturated rings. The van der Waals surface area contributed by atoms with E-state index in [0.717, 1.165) is 16.5 Å². The van der Waals surface area contributed by atoms with E-state index in [4.69, 9.17) is 14.3 Å². The largest absolute Gasteiger partial charge is 0.465 e. The minimum Gasteiger partial charge on any atom is -0.465 e. The van der Waals surface area contributed by atoms with Gasteiger partial charge in [0, 0.05) is 0 Å². The first-order chi connectivity index (χ1) is 6.72. The number of hydrogen-bond acceptors (Lipinski definition) is 4. The van der Waals surface area contributed by atoms with Gasteiger partial charge in [0.25, 0.3) is 0 Å². The second-order valence-electron chi connectivity index (χ2n) is 2.63. The van der Waals surface area contributed by atoms with Crippen molar-refractivity contribution in [3.05, 3.63) is 12.7 Å². The molecule has 1 unspecified atom stereocenters. The summed E-state index contributed by atoms with van der Waals surface area (Å²) in [7, 11) is 0.163. The van der Waals surface area contributed by atoms with Crippen LogP contribution in [-0.4, -0.2) is 56.2 Å². The Hall–Kier alpha value is 0.0138. The number of ether oxygens (including phenoxy) is 1. The van der Waals surface area contributed by atoms with Gasteiger partial charge >= 0.3 is 0 Å². The third-order valence-corrected chi connectivity index (χ3v) is 5.59. The van der Waals surface area contributed by atoms with Crippen molar-refractivity contribution < 1.29 is 19.1 Å². The number of allylic oxidation sites excluding steroid dienone is 1. The van der Waals surface area contributed by atoms with Gasteiger partial charge in [0.15, 0.2) is 9.04 Å². The van der Waals surface area contributed by atoms with Gasteiger partial charge in [-0.2, -0.15) is 0 Å². The van der Waals surface area contributed by atoms with Crippen LogP contribution in [0.1, 0.15) is 0 Å². The van der Waals surface area contributed by atoms with E-state index in [1.165, 1.54) is 0 Å². The Balaban J connectivity index is 0. The predicted molar refractivity (Wildman–Crippen MR) is 64.0 cm³/mol. The van der Waals surface area contributed by atoms with Crippen LogP contribution in [0.25, 0.3) is 0 Å². The summed E-state index contributed by atoms with van der Waals surface area (Å²) in [5, 5.41) is 16.2. The van der Waals surface area contributed by atoms with E-state index in [-0.39, 0.29) is 13.2 Å². The van der Waals surface area contributed by atoms with Crippen LogP contribution < -0.4 is 0 Å². The zero-order chi connectivity index (χ0) is 11.2. The van der Waals surface area contributed by atoms with Gasteiger partial charge in [-0.05, 0) is 12.6 Å². The highest BCUT2D eigenvalue weighted by Gasteiger charge is 1.93. The van der Waals surface area contributed by atoms with Gasteiger partial charge in [-0.3, -0.25) is 0 Å². The third-order valence-electron chi connectivity index (χ3n) is 1.37. The summed E-state index contributed by atoms with van der Waals surface area (Å²) in [5.41, 5.74) is 0. The smallest absolute Gasteiger partial charge is 0.162 e. The van der Waals surface area contributed by atoms with Crippen LogP contribution in [0.2, 0.25) is 12.6 Å². The van der Waals surface area contributed by atoms with E-state index in [9.17, 15) is 0 Å². The molecular weight excluding hydrogens is 216 g/mol. The molecule has 0 spiro atoms. The molecule has 0 saturated carbocycles. The fraction of sp³-hybridized carbons (Fsp3) is 0.750. The third kappa shape index (κ3) is 17.9. The Morgan fingerprint density at radius 2 is 1.86 bits per heavy atom. The molecule has 0 aliphatic rings. The van der Waals surface area contributed by atoms with E-state index in [2.05, 4.69) is 17.9 Å². The minimum atomic E-state index is -0.738. The molecular formula is C8H22O4Si2. The summed E-state index contributed by atoms with van der Waals surface area (Å²) in [6.07, 6.45) is 1.94. The van der Waals surface area contributed by atoms with Crippen LogP contribution in [0, 0.1) is 0 Å². The molecule has 0 rings (SSSR count). The standard InChI is InChI=1S/C4H10O3.C4H12OSi2/c5-1-3-7-4-2-6;1-3-4-7(2)5-6/h5-6H,1-4H2;3,7H,1,4H2,2,6H3. The SMILES string of the molecule is C=CC[SiH](C)O[SiH3].OCCOCCO. The average Bonchev–Trinajstić information content (AvgIpc) is 2.20. The Kier molecular flexibility index (Phi) is 18.2. The van der Waals surface area contributed by atoms with Crippen molar-refractivity contribution in [3.8, 4) is 0 Å². The Morgan fingerprint density at radius 3 is 2.07 bits per heavy atom. The quantitative estimate of drug-likeness (QED) is 0.333. The Labute approximate surface area is 90.8 Å². The van der Waals surface area contributed by atoms with Crippen LogP contribution in [0.5, 0.6) is 0 Å². The molecule has 0 heterocycles. The van der Waals surface area contributed by atoms with Crippen LogP contribution >= 0.6 is 0 Å². The lowest BCUT2D eigenvalue weighted by atomic mass is 10.7. The lowest BCUT2D eigenvalue weighted by Gasteiger charge is -2.00. The van der Waals surface area contributed by atoms with E-state index in [1.807, 2.05) is 6.08 Å². The molecule has 0 aliphatic heterocycles. The summed E-state index contributed by atoms with van der Waals surface area (Å²) >= 11 is 0. The second-order valence-corrected chi connectivity index (χ2v) is 6.61. The summed E-state index contributed by atoms with van der Waals surface area (Å²) < 4.78 is 9.83. The molecule has 6 heteroatoms. The molecule has 0 saturated heterocycles. The monoisotopic (exact) mass is 238 g/mol. The molecule has 2 N–H and O–H groups in total. The molecule has 0 aromatic heterocycles. The molecule has 0 aromatic rings. The molecule has 0 amide bonds. The highest BCUT2D eigenvalue weighted by atomic mass is 28.3. The minimum absolute atomic E-state index is 0.0278. The van der Waals surface area contributed by atoms with Crippen molar-refractivity contribution in [2.24, 2.45) is 0 Å². The normalized spacial score (nSPS) is 11.6. The number of aliphatic hydroxyl groups excluding tert-OH is 2. The van der Waals surface area contributed by atoms with Gasteiger partial charge in [-0.1, -0.05) is 6.08 Å². The lowest BCUT2D eigenvalue weighted by molar-refractivity contribution is 0.0650. The number of rotatable bonds is 7. The molecule has 86 valence electrons. The predicted octanol–water partition coefficient (Wildman–Crippen LogP) is -1.19. The van der Waals surface area contributed by atoms with Crippen LogP contribution in [0.15, 0.2) is 12.7 Å². The highest BCUT2D eigenvalue weighted by molar-refractivity contribution is 6.54. The van der Waals surface area contributed by atoms with E-state index in [0.29, 0.717) is 13.2 Å². The lowest BCUT2D eigenvalue weighted by Crippen LogP contribution is -2.08. The van der Waals surface area contributed by atoms with Crippen molar-refractivity contribution in [2.75, 3.05) is 26.4 Å². The molecule has 0 aliphatic carbocycles. The van der Waals surface area contributed by atoms with Crippen molar-refractivity contribution >= 4 is 19.5 Å². The van der Waals surface area contributed by atoms with E-state index >= 15 is 0 Å². The second kappa shape index (κ2) is 15.5. The van der Waals surface area contributed by atoms with Gasteiger partial charge in [-0.15, -0.1) is 6.58 Å². The van der Waals surface area contributed by atoms with Gasteiger partial charge in [0.1, 0.15) is 10.5 Å². The zero-order valence-electron chi connectivity index (χ0n) is 9.11. The van der Waals surface area contributed by atoms with Gasteiger partial charge in [0.05, 0.1) is 26.4 Å². The fourth-order valence-electron chi connectivity index (χ4n) is 0.562. The first-order valence-corrected chi connectivity index (χ1v) is 7.91. The first kappa shape index (κ1) is 16.4. The Morgan fingerprint density at radius 1 is 1.36 bits per heavy atom. The van der Waals surface area contributed by atoms with E-state index < -0.39 is 9.04 Å². The van der Waals surface area contributed by atoms with Crippen LogP contribution in [0.3, 0.4) is 0 Å².